The maximum atomic E-state index is 12.8. The van der Waals surface area contributed by atoms with E-state index in [9.17, 15) is 4.39 Å². The second-order valence-corrected chi connectivity index (χ2v) is 4.33. The number of fused-ring (bicyclic) bond motifs is 1. The van der Waals surface area contributed by atoms with Gasteiger partial charge in [0.15, 0.2) is 5.82 Å². The molecule has 1 aromatic heterocycles. The SMILES string of the molecule is NC1CCn2nc(-c3ccc(F)cc3)nc2C1. The van der Waals surface area contributed by atoms with E-state index in [1.165, 1.54) is 12.1 Å². The van der Waals surface area contributed by atoms with Gasteiger partial charge in [-0.15, -0.1) is 0 Å². The van der Waals surface area contributed by atoms with Gasteiger partial charge in [0.25, 0.3) is 0 Å². The number of benzene rings is 1. The minimum absolute atomic E-state index is 0.174. The highest BCUT2D eigenvalue weighted by atomic mass is 19.1. The Hall–Kier alpha value is -1.75. The fourth-order valence-corrected chi connectivity index (χ4v) is 2.05. The first-order valence-corrected chi connectivity index (χ1v) is 5.67. The predicted molar refractivity (Wildman–Crippen MR) is 61.7 cm³/mol. The van der Waals surface area contributed by atoms with Crippen molar-refractivity contribution >= 4 is 0 Å². The zero-order valence-electron chi connectivity index (χ0n) is 9.31. The molecule has 0 saturated heterocycles. The Labute approximate surface area is 98.3 Å². The summed E-state index contributed by atoms with van der Waals surface area (Å²) in [5.41, 5.74) is 6.72. The Morgan fingerprint density at radius 2 is 2.06 bits per heavy atom. The van der Waals surface area contributed by atoms with Crippen LogP contribution in [0.4, 0.5) is 4.39 Å². The van der Waals surface area contributed by atoms with Gasteiger partial charge in [-0.1, -0.05) is 0 Å². The van der Waals surface area contributed by atoms with E-state index in [2.05, 4.69) is 10.1 Å². The summed E-state index contributed by atoms with van der Waals surface area (Å²) in [6.07, 6.45) is 1.69. The van der Waals surface area contributed by atoms with E-state index in [-0.39, 0.29) is 11.9 Å². The van der Waals surface area contributed by atoms with Crippen LogP contribution in [0, 0.1) is 5.82 Å². The molecule has 3 rings (SSSR count). The van der Waals surface area contributed by atoms with Gasteiger partial charge in [-0.05, 0) is 30.7 Å². The third kappa shape index (κ3) is 1.93. The zero-order valence-corrected chi connectivity index (χ0v) is 9.31. The highest BCUT2D eigenvalue weighted by Crippen LogP contribution is 2.19. The van der Waals surface area contributed by atoms with Crippen molar-refractivity contribution in [2.75, 3.05) is 0 Å². The number of hydrogen-bond donors (Lipinski definition) is 1. The lowest BCUT2D eigenvalue weighted by atomic mass is 10.1. The number of nitrogens with zero attached hydrogens (tertiary/aromatic N) is 3. The molecule has 2 N–H and O–H groups in total. The van der Waals surface area contributed by atoms with Crippen LogP contribution in [-0.2, 0) is 13.0 Å². The predicted octanol–water partition coefficient (Wildman–Crippen LogP) is 1.36. The van der Waals surface area contributed by atoms with Crippen molar-refractivity contribution in [3.8, 4) is 11.4 Å². The number of rotatable bonds is 1. The van der Waals surface area contributed by atoms with Crippen LogP contribution in [0.5, 0.6) is 0 Å². The first-order chi connectivity index (χ1) is 8.22. The number of aromatic nitrogens is 3. The van der Waals surface area contributed by atoms with Gasteiger partial charge in [-0.2, -0.15) is 5.10 Å². The molecule has 1 aliphatic heterocycles. The molecule has 5 heteroatoms. The topological polar surface area (TPSA) is 56.7 Å². The number of hydrogen-bond acceptors (Lipinski definition) is 3. The van der Waals surface area contributed by atoms with Crippen LogP contribution in [0.1, 0.15) is 12.2 Å². The molecule has 1 atom stereocenters. The summed E-state index contributed by atoms with van der Waals surface area (Å²) in [5.74, 6) is 1.32. The van der Waals surface area contributed by atoms with Crippen molar-refractivity contribution < 1.29 is 4.39 Å². The highest BCUT2D eigenvalue weighted by molar-refractivity contribution is 5.54. The van der Waals surface area contributed by atoms with E-state index in [1.54, 1.807) is 12.1 Å². The largest absolute Gasteiger partial charge is 0.327 e. The molecule has 1 unspecified atom stereocenters. The van der Waals surface area contributed by atoms with Crippen molar-refractivity contribution in [1.29, 1.82) is 0 Å². The molecule has 2 aromatic rings. The maximum Gasteiger partial charge on any atom is 0.181 e. The van der Waals surface area contributed by atoms with Crippen LogP contribution in [0.3, 0.4) is 0 Å². The monoisotopic (exact) mass is 232 g/mol. The van der Waals surface area contributed by atoms with Gasteiger partial charge in [0.2, 0.25) is 0 Å². The molecule has 1 aliphatic rings. The van der Waals surface area contributed by atoms with E-state index >= 15 is 0 Å². The third-order valence-electron chi connectivity index (χ3n) is 3.01. The molecule has 88 valence electrons. The Balaban J connectivity index is 1.97. The summed E-state index contributed by atoms with van der Waals surface area (Å²) in [6, 6.07) is 6.39. The van der Waals surface area contributed by atoms with Gasteiger partial charge >= 0.3 is 0 Å². The fourth-order valence-electron chi connectivity index (χ4n) is 2.05. The van der Waals surface area contributed by atoms with E-state index in [0.29, 0.717) is 5.82 Å². The minimum Gasteiger partial charge on any atom is -0.327 e. The van der Waals surface area contributed by atoms with E-state index in [4.69, 9.17) is 5.73 Å². The normalized spacial score (nSPS) is 19.1. The van der Waals surface area contributed by atoms with Crippen molar-refractivity contribution in [3.05, 3.63) is 35.9 Å². The van der Waals surface area contributed by atoms with Crippen LogP contribution in [0.25, 0.3) is 11.4 Å². The maximum absolute atomic E-state index is 12.8. The second kappa shape index (κ2) is 3.92. The molecule has 0 aliphatic carbocycles. The summed E-state index contributed by atoms with van der Waals surface area (Å²) in [4.78, 5) is 4.45. The van der Waals surface area contributed by atoms with E-state index in [0.717, 1.165) is 30.8 Å². The molecule has 2 heterocycles. The van der Waals surface area contributed by atoms with Gasteiger partial charge < -0.3 is 5.73 Å². The molecule has 0 amide bonds. The first kappa shape index (κ1) is 10.4. The lowest BCUT2D eigenvalue weighted by Gasteiger charge is -2.17. The van der Waals surface area contributed by atoms with Crippen LogP contribution < -0.4 is 5.73 Å². The summed E-state index contributed by atoms with van der Waals surface area (Å²) < 4.78 is 14.7. The number of halogens is 1. The molecule has 1 aromatic carbocycles. The average Bonchev–Trinajstić information content (AvgIpc) is 2.72. The molecular weight excluding hydrogens is 219 g/mol. The Bertz CT molecular complexity index is 532. The molecule has 4 nitrogen and oxygen atoms in total. The van der Waals surface area contributed by atoms with Gasteiger partial charge in [0.1, 0.15) is 11.6 Å². The van der Waals surface area contributed by atoms with Gasteiger partial charge in [-0.3, -0.25) is 0 Å². The summed E-state index contributed by atoms with van der Waals surface area (Å²) in [6.45, 7) is 0.810. The molecule has 0 saturated carbocycles. The zero-order chi connectivity index (χ0) is 11.8. The minimum atomic E-state index is -0.250. The molecule has 0 fully saturated rings. The van der Waals surface area contributed by atoms with Crippen LogP contribution in [0.15, 0.2) is 24.3 Å². The van der Waals surface area contributed by atoms with Gasteiger partial charge in [0.05, 0.1) is 0 Å². The van der Waals surface area contributed by atoms with Crippen molar-refractivity contribution in [1.82, 2.24) is 14.8 Å². The second-order valence-electron chi connectivity index (χ2n) is 4.33. The number of aryl methyl sites for hydroxylation is 1. The first-order valence-electron chi connectivity index (χ1n) is 5.67. The quantitative estimate of drug-likeness (QED) is 0.807. The third-order valence-corrected chi connectivity index (χ3v) is 3.01. The summed E-state index contributed by atoms with van der Waals surface area (Å²) in [5, 5.41) is 4.41. The van der Waals surface area contributed by atoms with Crippen LogP contribution >= 0.6 is 0 Å². The Morgan fingerprint density at radius 3 is 2.82 bits per heavy atom. The van der Waals surface area contributed by atoms with Gasteiger partial charge in [0, 0.05) is 24.6 Å². The highest BCUT2D eigenvalue weighted by Gasteiger charge is 2.19. The molecule has 0 radical (unpaired) electrons. The van der Waals surface area contributed by atoms with Crippen molar-refractivity contribution in [2.45, 2.75) is 25.4 Å². The fraction of sp³-hybridized carbons (Fsp3) is 0.333. The molecule has 17 heavy (non-hydrogen) atoms. The Morgan fingerprint density at radius 1 is 1.29 bits per heavy atom. The standard InChI is InChI=1S/C12H13FN4/c13-9-3-1-8(2-4-9)12-15-11-7-10(14)5-6-17(11)16-12/h1-4,10H,5-7,14H2. The Kier molecular flexibility index (Phi) is 2.40. The lowest BCUT2D eigenvalue weighted by Crippen LogP contribution is -2.31. The van der Waals surface area contributed by atoms with Crippen molar-refractivity contribution in [2.24, 2.45) is 5.73 Å². The van der Waals surface area contributed by atoms with Gasteiger partial charge in [-0.25, -0.2) is 14.1 Å². The molecular formula is C12H13FN4. The smallest absolute Gasteiger partial charge is 0.181 e. The van der Waals surface area contributed by atoms with E-state index < -0.39 is 0 Å². The van der Waals surface area contributed by atoms with Crippen molar-refractivity contribution in [3.63, 3.8) is 0 Å². The van der Waals surface area contributed by atoms with Crippen LogP contribution in [0.2, 0.25) is 0 Å². The summed E-state index contributed by atoms with van der Waals surface area (Å²) in [7, 11) is 0. The van der Waals surface area contributed by atoms with Crippen LogP contribution in [-0.4, -0.2) is 20.8 Å². The summed E-state index contributed by atoms with van der Waals surface area (Å²) >= 11 is 0. The average molecular weight is 232 g/mol. The molecule has 0 spiro atoms. The number of nitrogens with two attached hydrogens (primary N) is 1. The molecule has 0 bridgehead atoms. The lowest BCUT2D eigenvalue weighted by molar-refractivity contribution is 0.433. The van der Waals surface area contributed by atoms with E-state index in [1.807, 2.05) is 4.68 Å².